The number of hydrogen-bond donors (Lipinski definition) is 1. The average molecular weight is 415 g/mol. The Hall–Kier alpha value is -2.62. The van der Waals surface area contributed by atoms with Crippen molar-refractivity contribution >= 4 is 27.9 Å². The fourth-order valence-electron chi connectivity index (χ4n) is 2.14. The van der Waals surface area contributed by atoms with Gasteiger partial charge in [0.25, 0.3) is 5.91 Å². The number of benzene rings is 2. The van der Waals surface area contributed by atoms with Crippen molar-refractivity contribution in [3.8, 4) is 11.8 Å². The lowest BCUT2D eigenvalue weighted by molar-refractivity contribution is -0.117. The van der Waals surface area contributed by atoms with Crippen LogP contribution >= 0.6 is 15.9 Å². The predicted molar refractivity (Wildman–Crippen MR) is 103 cm³/mol. The maximum absolute atomic E-state index is 12.1. The Morgan fingerprint density at radius 2 is 1.96 bits per heavy atom. The summed E-state index contributed by atoms with van der Waals surface area (Å²) in [5.74, 6) is 0.167. The van der Waals surface area contributed by atoms with E-state index in [1.165, 1.54) is 6.08 Å². The molecule has 134 valence electrons. The second-order valence-electron chi connectivity index (χ2n) is 5.37. The van der Waals surface area contributed by atoms with E-state index >= 15 is 0 Å². The number of para-hydroxylation sites is 1. The molecule has 1 amide bonds. The quantitative estimate of drug-likeness (QED) is 0.406. The Morgan fingerprint density at radius 3 is 2.65 bits per heavy atom. The number of halogens is 1. The molecule has 6 heteroatoms. The summed E-state index contributed by atoms with van der Waals surface area (Å²) in [4.78, 5) is 12.1. The maximum Gasteiger partial charge on any atom is 0.262 e. The Kier molecular flexibility index (Phi) is 7.87. The lowest BCUT2D eigenvalue weighted by Crippen LogP contribution is -2.27. The SMILES string of the molecule is COCCNC(=O)/C(C#N)=C/c1ccccc1OCc1ccc(Br)cc1. The molecule has 0 bridgehead atoms. The van der Waals surface area contributed by atoms with Crippen LogP contribution in [0.4, 0.5) is 0 Å². The number of methoxy groups -OCH3 is 1. The van der Waals surface area contributed by atoms with Gasteiger partial charge in [-0.3, -0.25) is 4.79 Å². The molecule has 0 fully saturated rings. The third-order valence-corrected chi connectivity index (χ3v) is 4.01. The third-order valence-electron chi connectivity index (χ3n) is 3.48. The Morgan fingerprint density at radius 1 is 1.23 bits per heavy atom. The third kappa shape index (κ3) is 6.03. The first-order valence-electron chi connectivity index (χ1n) is 7.99. The number of nitriles is 1. The Balaban J connectivity index is 2.12. The molecule has 5 nitrogen and oxygen atoms in total. The summed E-state index contributed by atoms with van der Waals surface area (Å²) in [5.41, 5.74) is 1.70. The van der Waals surface area contributed by atoms with E-state index in [-0.39, 0.29) is 5.57 Å². The van der Waals surface area contributed by atoms with Crippen molar-refractivity contribution in [1.29, 1.82) is 5.26 Å². The normalized spacial score (nSPS) is 10.9. The van der Waals surface area contributed by atoms with Gasteiger partial charge in [0.05, 0.1) is 6.61 Å². The van der Waals surface area contributed by atoms with Crippen LogP contribution in [0.2, 0.25) is 0 Å². The van der Waals surface area contributed by atoms with E-state index in [9.17, 15) is 10.1 Å². The highest BCUT2D eigenvalue weighted by molar-refractivity contribution is 9.10. The topological polar surface area (TPSA) is 71.3 Å². The van der Waals surface area contributed by atoms with E-state index in [0.717, 1.165) is 10.0 Å². The molecule has 26 heavy (non-hydrogen) atoms. The summed E-state index contributed by atoms with van der Waals surface area (Å²) in [5, 5.41) is 11.9. The van der Waals surface area contributed by atoms with Gasteiger partial charge >= 0.3 is 0 Å². The van der Waals surface area contributed by atoms with Crippen LogP contribution in [0.15, 0.2) is 58.6 Å². The summed E-state index contributed by atoms with van der Waals surface area (Å²) in [6.07, 6.45) is 1.53. The van der Waals surface area contributed by atoms with Crippen LogP contribution in [-0.2, 0) is 16.1 Å². The number of ether oxygens (including phenoxy) is 2. The van der Waals surface area contributed by atoms with Crippen molar-refractivity contribution < 1.29 is 14.3 Å². The van der Waals surface area contributed by atoms with Gasteiger partial charge in [0.15, 0.2) is 0 Å². The standard InChI is InChI=1S/C20H19BrN2O3/c1-25-11-10-23-20(24)17(13-22)12-16-4-2-3-5-19(16)26-14-15-6-8-18(21)9-7-15/h2-9,12H,10-11,14H2,1H3,(H,23,24)/b17-12+. The maximum atomic E-state index is 12.1. The molecule has 1 N–H and O–H groups in total. The second kappa shape index (κ2) is 10.4. The Labute approximate surface area is 161 Å². The van der Waals surface area contributed by atoms with Crippen LogP contribution in [0, 0.1) is 11.3 Å². The van der Waals surface area contributed by atoms with E-state index in [0.29, 0.717) is 31.1 Å². The van der Waals surface area contributed by atoms with Crippen LogP contribution in [0.25, 0.3) is 6.08 Å². The number of carbonyl (C=O) groups is 1. The average Bonchev–Trinajstić information content (AvgIpc) is 2.66. The zero-order valence-electron chi connectivity index (χ0n) is 14.4. The van der Waals surface area contributed by atoms with Gasteiger partial charge in [-0.2, -0.15) is 5.26 Å². The summed E-state index contributed by atoms with van der Waals surface area (Å²) in [6, 6.07) is 17.0. The first kappa shape index (κ1) is 19.7. The van der Waals surface area contributed by atoms with Crippen molar-refractivity contribution in [2.24, 2.45) is 0 Å². The molecule has 2 rings (SSSR count). The van der Waals surface area contributed by atoms with Crippen LogP contribution in [0.1, 0.15) is 11.1 Å². The number of rotatable bonds is 8. The zero-order valence-corrected chi connectivity index (χ0v) is 16.0. The summed E-state index contributed by atoms with van der Waals surface area (Å²) in [6.45, 7) is 1.12. The highest BCUT2D eigenvalue weighted by atomic mass is 79.9. The zero-order chi connectivity index (χ0) is 18.8. The molecule has 0 saturated carbocycles. The molecule has 2 aromatic rings. The molecule has 0 aliphatic carbocycles. The smallest absolute Gasteiger partial charge is 0.262 e. The van der Waals surface area contributed by atoms with Crippen molar-refractivity contribution in [3.05, 3.63) is 69.7 Å². The molecule has 0 aliphatic rings. The lowest BCUT2D eigenvalue weighted by atomic mass is 10.1. The highest BCUT2D eigenvalue weighted by Gasteiger charge is 2.10. The van der Waals surface area contributed by atoms with Gasteiger partial charge in [0.1, 0.15) is 24.0 Å². The molecule has 0 saturated heterocycles. The van der Waals surface area contributed by atoms with Crippen molar-refractivity contribution in [3.63, 3.8) is 0 Å². The molecule has 0 aliphatic heterocycles. The predicted octanol–water partition coefficient (Wildman–Crippen LogP) is 3.70. The lowest BCUT2D eigenvalue weighted by Gasteiger charge is -2.10. The van der Waals surface area contributed by atoms with E-state index in [4.69, 9.17) is 9.47 Å². The highest BCUT2D eigenvalue weighted by Crippen LogP contribution is 2.22. The molecule has 0 aromatic heterocycles. The van der Waals surface area contributed by atoms with Gasteiger partial charge in [0, 0.05) is 23.7 Å². The first-order valence-corrected chi connectivity index (χ1v) is 8.78. The number of nitrogens with zero attached hydrogens (tertiary/aromatic N) is 1. The minimum Gasteiger partial charge on any atom is -0.488 e. The van der Waals surface area contributed by atoms with Crippen molar-refractivity contribution in [2.75, 3.05) is 20.3 Å². The monoisotopic (exact) mass is 414 g/mol. The van der Waals surface area contributed by atoms with Gasteiger partial charge in [0.2, 0.25) is 0 Å². The minimum atomic E-state index is -0.438. The van der Waals surface area contributed by atoms with Crippen LogP contribution in [-0.4, -0.2) is 26.2 Å². The van der Waals surface area contributed by atoms with Crippen molar-refractivity contribution in [1.82, 2.24) is 5.32 Å². The fourth-order valence-corrected chi connectivity index (χ4v) is 2.40. The van der Waals surface area contributed by atoms with Crippen LogP contribution in [0.3, 0.4) is 0 Å². The molecule has 0 radical (unpaired) electrons. The Bertz CT molecular complexity index is 811. The van der Waals surface area contributed by atoms with Gasteiger partial charge < -0.3 is 14.8 Å². The van der Waals surface area contributed by atoms with E-state index < -0.39 is 5.91 Å². The summed E-state index contributed by atoms with van der Waals surface area (Å²) < 4.78 is 11.8. The summed E-state index contributed by atoms with van der Waals surface area (Å²) in [7, 11) is 1.55. The van der Waals surface area contributed by atoms with Gasteiger partial charge in [-0.15, -0.1) is 0 Å². The number of nitrogens with one attached hydrogen (secondary N) is 1. The minimum absolute atomic E-state index is 0.0146. The molecule has 0 spiro atoms. The first-order chi connectivity index (χ1) is 12.6. The number of carbonyl (C=O) groups excluding carboxylic acids is 1. The fraction of sp³-hybridized carbons (Fsp3) is 0.200. The summed E-state index contributed by atoms with van der Waals surface area (Å²) >= 11 is 3.40. The van der Waals surface area contributed by atoms with E-state index in [2.05, 4.69) is 21.2 Å². The molecular formula is C20H19BrN2O3. The van der Waals surface area contributed by atoms with Gasteiger partial charge in [-0.05, 0) is 29.8 Å². The molecule has 0 unspecified atom stereocenters. The van der Waals surface area contributed by atoms with Gasteiger partial charge in [-0.1, -0.05) is 46.3 Å². The van der Waals surface area contributed by atoms with E-state index in [1.807, 2.05) is 48.5 Å². The molecule has 0 atom stereocenters. The molecule has 0 heterocycles. The number of hydrogen-bond acceptors (Lipinski definition) is 4. The van der Waals surface area contributed by atoms with Gasteiger partial charge in [-0.25, -0.2) is 0 Å². The molecular weight excluding hydrogens is 396 g/mol. The number of amides is 1. The second-order valence-corrected chi connectivity index (χ2v) is 6.29. The largest absolute Gasteiger partial charge is 0.488 e. The van der Waals surface area contributed by atoms with Crippen LogP contribution < -0.4 is 10.1 Å². The molecule has 2 aromatic carbocycles. The van der Waals surface area contributed by atoms with Crippen LogP contribution in [0.5, 0.6) is 5.75 Å². The van der Waals surface area contributed by atoms with E-state index in [1.54, 1.807) is 13.2 Å². The van der Waals surface area contributed by atoms with Crippen molar-refractivity contribution in [2.45, 2.75) is 6.61 Å².